The van der Waals surface area contributed by atoms with Crippen molar-refractivity contribution in [1.29, 1.82) is 0 Å². The van der Waals surface area contributed by atoms with Crippen molar-refractivity contribution in [3.63, 3.8) is 0 Å². The minimum Gasteiger partial charge on any atom is -0.307 e. The van der Waals surface area contributed by atoms with Crippen molar-refractivity contribution in [2.75, 3.05) is 4.90 Å². The highest BCUT2D eigenvalue weighted by molar-refractivity contribution is 8.00. The molecule has 5 nitrogen and oxygen atoms in total. The lowest BCUT2D eigenvalue weighted by molar-refractivity contribution is -0.123. The number of amides is 2. The molecular weight excluding hydrogens is 440 g/mol. The number of aromatic nitrogens is 1. The predicted octanol–water partition coefficient (Wildman–Crippen LogP) is 4.11. The molecule has 7 rings (SSSR count). The van der Waals surface area contributed by atoms with Crippen LogP contribution in [-0.4, -0.2) is 22.0 Å². The molecule has 3 aromatic rings. The van der Waals surface area contributed by atoms with Crippen molar-refractivity contribution in [2.45, 2.75) is 22.6 Å². The van der Waals surface area contributed by atoms with Crippen LogP contribution in [0, 0.1) is 29.6 Å². The summed E-state index contributed by atoms with van der Waals surface area (Å²) in [7, 11) is 0. The molecule has 0 radical (unpaired) electrons. The summed E-state index contributed by atoms with van der Waals surface area (Å²) < 4.78 is 0. The summed E-state index contributed by atoms with van der Waals surface area (Å²) >= 11 is 3.03. The number of anilines is 1. The van der Waals surface area contributed by atoms with E-state index in [9.17, 15) is 14.4 Å². The summed E-state index contributed by atoms with van der Waals surface area (Å²) in [4.78, 5) is 44.9. The molecule has 5 unspecified atom stereocenters. The van der Waals surface area contributed by atoms with E-state index in [1.165, 1.54) is 21.8 Å². The number of thiazole rings is 1. The zero-order chi connectivity index (χ0) is 21.6. The first-order valence-electron chi connectivity index (χ1n) is 11.0. The van der Waals surface area contributed by atoms with Gasteiger partial charge >= 0.3 is 4.87 Å². The number of hydrogen-bond acceptors (Lipinski definition) is 5. The Hall–Kier alpha value is -2.64. The molecule has 160 valence electrons. The first kappa shape index (κ1) is 18.9. The molecule has 2 amide bonds. The second-order valence-electron chi connectivity index (χ2n) is 9.22. The van der Waals surface area contributed by atoms with Crippen LogP contribution in [0.15, 0.2) is 70.5 Å². The Labute approximate surface area is 192 Å². The van der Waals surface area contributed by atoms with E-state index in [1.54, 1.807) is 11.8 Å². The van der Waals surface area contributed by atoms with Gasteiger partial charge in [-0.25, -0.2) is 0 Å². The number of thioether (sulfide) groups is 1. The van der Waals surface area contributed by atoms with Crippen molar-refractivity contribution in [3.8, 4) is 0 Å². The highest BCUT2D eigenvalue weighted by Gasteiger charge is 2.69. The zero-order valence-corrected chi connectivity index (χ0v) is 18.6. The number of para-hydroxylation sites is 1. The van der Waals surface area contributed by atoms with Crippen LogP contribution >= 0.6 is 23.1 Å². The van der Waals surface area contributed by atoms with E-state index in [4.69, 9.17) is 0 Å². The Morgan fingerprint density at radius 1 is 0.844 bits per heavy atom. The Balaban J connectivity index is 1.34. The fraction of sp³-hybridized carbons (Fsp3) is 0.320. The average molecular weight is 461 g/mol. The van der Waals surface area contributed by atoms with Gasteiger partial charge in [0, 0.05) is 16.0 Å². The second kappa shape index (κ2) is 6.68. The van der Waals surface area contributed by atoms with Crippen LogP contribution in [0.3, 0.4) is 0 Å². The molecule has 0 spiro atoms. The molecule has 2 aliphatic carbocycles. The third kappa shape index (κ3) is 2.38. The number of benzene rings is 2. The first-order chi connectivity index (χ1) is 15.6. The number of rotatable bonds is 2. The van der Waals surface area contributed by atoms with E-state index < -0.39 is 0 Å². The van der Waals surface area contributed by atoms with Crippen LogP contribution in [0.25, 0.3) is 0 Å². The minimum atomic E-state index is -0.252. The Kier molecular flexibility index (Phi) is 3.94. The molecule has 1 saturated heterocycles. The van der Waals surface area contributed by atoms with Crippen molar-refractivity contribution < 1.29 is 9.59 Å². The van der Waals surface area contributed by atoms with Crippen LogP contribution in [0.1, 0.15) is 22.8 Å². The van der Waals surface area contributed by atoms with Gasteiger partial charge < -0.3 is 4.98 Å². The number of aromatic amines is 1. The van der Waals surface area contributed by atoms with E-state index in [-0.39, 0.29) is 57.4 Å². The van der Waals surface area contributed by atoms with Crippen molar-refractivity contribution in [2.24, 2.45) is 29.6 Å². The maximum absolute atomic E-state index is 13.6. The van der Waals surface area contributed by atoms with Gasteiger partial charge in [-0.05, 0) is 41.9 Å². The molecule has 1 N–H and O–H groups in total. The second-order valence-corrected chi connectivity index (χ2v) is 11.4. The lowest BCUT2D eigenvalue weighted by atomic mass is 9.68. The maximum Gasteiger partial charge on any atom is 0.305 e. The SMILES string of the molecule is O=C1C2C(C(=O)N1c1ccccc1)[C@@H]1C[C@H]2C2Sc3[nH]c(=O)sc3C(c3ccccc3)C21. The number of carbonyl (C=O) groups excluding carboxylic acids is 2. The number of carbonyl (C=O) groups is 2. The van der Waals surface area contributed by atoms with E-state index in [0.717, 1.165) is 16.3 Å². The van der Waals surface area contributed by atoms with Crippen LogP contribution in [0.5, 0.6) is 0 Å². The van der Waals surface area contributed by atoms with Gasteiger partial charge in [-0.3, -0.25) is 19.3 Å². The molecule has 2 saturated carbocycles. The summed E-state index contributed by atoms with van der Waals surface area (Å²) in [6.07, 6.45) is 0.917. The summed E-state index contributed by atoms with van der Waals surface area (Å²) in [5.41, 5.74) is 1.87. The Morgan fingerprint density at radius 3 is 2.22 bits per heavy atom. The van der Waals surface area contributed by atoms with Crippen molar-refractivity contribution >= 4 is 40.6 Å². The van der Waals surface area contributed by atoms with Crippen LogP contribution in [0.2, 0.25) is 0 Å². The van der Waals surface area contributed by atoms with Gasteiger partial charge in [0.2, 0.25) is 11.8 Å². The molecular formula is C25H20N2O3S2. The molecule has 3 fully saturated rings. The van der Waals surface area contributed by atoms with Crippen molar-refractivity contribution in [1.82, 2.24) is 4.98 Å². The normalized spacial score (nSPS) is 34.5. The molecule has 2 bridgehead atoms. The van der Waals surface area contributed by atoms with Crippen LogP contribution in [-0.2, 0) is 9.59 Å². The van der Waals surface area contributed by atoms with Gasteiger partial charge in [-0.2, -0.15) is 0 Å². The number of nitrogens with one attached hydrogen (secondary N) is 1. The van der Waals surface area contributed by atoms with Gasteiger partial charge in [0.1, 0.15) is 0 Å². The molecule has 1 aromatic heterocycles. The lowest BCUT2D eigenvalue weighted by Crippen LogP contribution is -2.42. The van der Waals surface area contributed by atoms with Crippen LogP contribution < -0.4 is 9.77 Å². The highest BCUT2D eigenvalue weighted by atomic mass is 32.2. The summed E-state index contributed by atoms with van der Waals surface area (Å²) in [6.45, 7) is 0. The van der Waals surface area contributed by atoms with Gasteiger partial charge in [0.15, 0.2) is 0 Å². The van der Waals surface area contributed by atoms with E-state index in [1.807, 2.05) is 48.5 Å². The van der Waals surface area contributed by atoms with Gasteiger partial charge in [-0.15, -0.1) is 11.8 Å². The minimum absolute atomic E-state index is 0.0293. The van der Waals surface area contributed by atoms with E-state index in [0.29, 0.717) is 5.69 Å². The summed E-state index contributed by atoms with van der Waals surface area (Å²) in [5, 5.41) is 1.19. The summed E-state index contributed by atoms with van der Waals surface area (Å²) in [6, 6.07) is 19.7. The predicted molar refractivity (Wildman–Crippen MR) is 124 cm³/mol. The molecule has 32 heavy (non-hydrogen) atoms. The van der Waals surface area contributed by atoms with Crippen LogP contribution in [0.4, 0.5) is 5.69 Å². The number of H-pyrrole nitrogens is 1. The highest BCUT2D eigenvalue weighted by Crippen LogP contribution is 2.68. The molecule has 7 atom stereocenters. The quantitative estimate of drug-likeness (QED) is 0.584. The topological polar surface area (TPSA) is 70.2 Å². The standard InChI is InChI=1S/C25H20N2O3S2/c28-23-18-14-11-15(19(18)24(29)27(23)13-9-5-2-6-10-13)20-17(14)16(12-7-3-1-4-8-12)21-22(31-20)26-25(30)32-21/h1-10,14-20H,11H2,(H,26,30)/t14-,15-,16?,17?,18?,19?,20?/m1/s1. The monoisotopic (exact) mass is 460 g/mol. The molecule has 7 heteroatoms. The molecule has 2 aromatic carbocycles. The fourth-order valence-electron chi connectivity index (χ4n) is 6.88. The van der Waals surface area contributed by atoms with Gasteiger partial charge in [0.05, 0.1) is 22.5 Å². The Morgan fingerprint density at radius 2 is 1.50 bits per heavy atom. The third-order valence-electron chi connectivity index (χ3n) is 7.90. The van der Waals surface area contributed by atoms with E-state index in [2.05, 4.69) is 17.1 Å². The largest absolute Gasteiger partial charge is 0.307 e. The molecule has 2 aliphatic heterocycles. The summed E-state index contributed by atoms with van der Waals surface area (Å²) in [5.74, 6) is 0.0747. The zero-order valence-electron chi connectivity index (χ0n) is 17.0. The molecule has 4 aliphatic rings. The van der Waals surface area contributed by atoms with Gasteiger partial charge in [0.25, 0.3) is 0 Å². The first-order valence-corrected chi connectivity index (χ1v) is 12.7. The lowest BCUT2D eigenvalue weighted by Gasteiger charge is -2.43. The fourth-order valence-corrected chi connectivity index (χ4v) is 9.77. The number of imide groups is 1. The average Bonchev–Trinajstić information content (AvgIpc) is 3.53. The van der Waals surface area contributed by atoms with Crippen molar-refractivity contribution in [3.05, 3.63) is 80.8 Å². The number of nitrogens with zero attached hydrogens (tertiary/aromatic N) is 1. The molecule has 3 heterocycles. The number of hydrogen-bond donors (Lipinski definition) is 1. The van der Waals surface area contributed by atoms with E-state index >= 15 is 0 Å². The number of fused-ring (bicyclic) bond motifs is 9. The third-order valence-corrected chi connectivity index (χ3v) is 10.5. The smallest absolute Gasteiger partial charge is 0.305 e. The maximum atomic E-state index is 13.6. The Bertz CT molecular complexity index is 1300. The van der Waals surface area contributed by atoms with Gasteiger partial charge in [-0.1, -0.05) is 59.9 Å².